The van der Waals surface area contributed by atoms with E-state index in [9.17, 15) is 0 Å². The van der Waals surface area contributed by atoms with Crippen LogP contribution in [-0.4, -0.2) is 0 Å². The fourth-order valence-corrected chi connectivity index (χ4v) is 3.74. The predicted molar refractivity (Wildman–Crippen MR) is 98.0 cm³/mol. The lowest BCUT2D eigenvalue weighted by Gasteiger charge is -2.10. The molecule has 0 bridgehead atoms. The van der Waals surface area contributed by atoms with Gasteiger partial charge in [0.25, 0.3) is 0 Å². The first-order valence-corrected chi connectivity index (χ1v) is 8.46. The first kappa shape index (κ1) is 14.0. The average Bonchev–Trinajstić information content (AvgIpc) is 3.05. The van der Waals surface area contributed by atoms with Gasteiger partial charge in [-0.15, -0.1) is 11.3 Å². The first-order valence-electron chi connectivity index (χ1n) is 7.65. The summed E-state index contributed by atoms with van der Waals surface area (Å²) < 4.78 is 7.39. The van der Waals surface area contributed by atoms with Gasteiger partial charge in [-0.05, 0) is 35.2 Å². The molecule has 0 spiro atoms. The Bertz CT molecular complexity index is 892. The minimum Gasteiger partial charge on any atom is -0.488 e. The van der Waals surface area contributed by atoms with E-state index >= 15 is 0 Å². The molecule has 0 aliphatic heterocycles. The topological polar surface area (TPSA) is 9.23 Å². The van der Waals surface area contributed by atoms with Crippen LogP contribution in [0, 0.1) is 0 Å². The second-order valence-corrected chi connectivity index (χ2v) is 6.50. The summed E-state index contributed by atoms with van der Waals surface area (Å²) in [6.07, 6.45) is 0. The van der Waals surface area contributed by atoms with E-state index in [1.807, 2.05) is 30.3 Å². The number of rotatable bonds is 4. The van der Waals surface area contributed by atoms with Gasteiger partial charge in [0.2, 0.25) is 0 Å². The molecule has 0 unspecified atom stereocenters. The zero-order valence-corrected chi connectivity index (χ0v) is 13.4. The van der Waals surface area contributed by atoms with Gasteiger partial charge in [-0.25, -0.2) is 0 Å². The molecule has 0 N–H and O–H groups in total. The highest BCUT2D eigenvalue weighted by Gasteiger charge is 2.09. The first-order chi connectivity index (χ1) is 11.4. The molecule has 0 atom stereocenters. The molecule has 0 fully saturated rings. The van der Waals surface area contributed by atoms with Gasteiger partial charge in [0.05, 0.1) is 0 Å². The van der Waals surface area contributed by atoms with E-state index < -0.39 is 0 Å². The monoisotopic (exact) mass is 316 g/mol. The molecule has 1 nitrogen and oxygen atoms in total. The maximum Gasteiger partial charge on any atom is 0.128 e. The highest BCUT2D eigenvalue weighted by molar-refractivity contribution is 7.22. The maximum absolute atomic E-state index is 6.08. The van der Waals surface area contributed by atoms with Crippen LogP contribution in [-0.2, 0) is 6.61 Å². The number of ether oxygens (including phenoxy) is 1. The number of fused-ring (bicyclic) bond motifs is 1. The fourth-order valence-electron chi connectivity index (χ4n) is 2.65. The van der Waals surface area contributed by atoms with Gasteiger partial charge in [0.15, 0.2) is 0 Å². The van der Waals surface area contributed by atoms with Crippen molar-refractivity contribution in [3.63, 3.8) is 0 Å². The van der Waals surface area contributed by atoms with Gasteiger partial charge in [0, 0.05) is 15.1 Å². The Morgan fingerprint density at radius 1 is 0.739 bits per heavy atom. The Morgan fingerprint density at radius 2 is 1.48 bits per heavy atom. The third kappa shape index (κ3) is 2.99. The second kappa shape index (κ2) is 6.27. The number of hydrogen-bond donors (Lipinski definition) is 0. The lowest BCUT2D eigenvalue weighted by Crippen LogP contribution is -1.96. The lowest BCUT2D eigenvalue weighted by atomic mass is 10.1. The summed E-state index contributed by atoms with van der Waals surface area (Å²) in [5.41, 5.74) is 2.34. The molecule has 112 valence electrons. The molecule has 0 aliphatic carbocycles. The van der Waals surface area contributed by atoms with E-state index in [1.165, 1.54) is 20.5 Å². The normalized spacial score (nSPS) is 10.8. The number of para-hydroxylation sites is 1. The minimum atomic E-state index is 0.586. The molecule has 2 heteroatoms. The third-order valence-electron chi connectivity index (χ3n) is 3.82. The lowest BCUT2D eigenvalue weighted by molar-refractivity contribution is 0.307. The number of hydrogen-bond acceptors (Lipinski definition) is 2. The van der Waals surface area contributed by atoms with Crippen LogP contribution in [0.15, 0.2) is 84.9 Å². The van der Waals surface area contributed by atoms with Crippen LogP contribution in [0.4, 0.5) is 0 Å². The van der Waals surface area contributed by atoms with Gasteiger partial charge in [-0.1, -0.05) is 60.7 Å². The van der Waals surface area contributed by atoms with Crippen molar-refractivity contribution in [3.05, 3.63) is 90.5 Å². The van der Waals surface area contributed by atoms with Crippen LogP contribution in [0.2, 0.25) is 0 Å². The molecular formula is C21H16OS. The van der Waals surface area contributed by atoms with Crippen LogP contribution in [0.5, 0.6) is 5.75 Å². The zero-order valence-electron chi connectivity index (χ0n) is 12.6. The largest absolute Gasteiger partial charge is 0.488 e. The van der Waals surface area contributed by atoms with E-state index in [4.69, 9.17) is 4.74 Å². The molecular weight excluding hydrogens is 300 g/mol. The van der Waals surface area contributed by atoms with Crippen molar-refractivity contribution in [1.29, 1.82) is 0 Å². The quantitative estimate of drug-likeness (QED) is 0.439. The molecule has 0 amide bonds. The molecule has 0 saturated heterocycles. The summed E-state index contributed by atoms with van der Waals surface area (Å²) in [6, 6.07) is 29.3. The molecule has 4 aromatic rings. The third-order valence-corrected chi connectivity index (χ3v) is 4.96. The Morgan fingerprint density at radius 3 is 2.35 bits per heavy atom. The Hall–Kier alpha value is -2.58. The Kier molecular flexibility index (Phi) is 3.83. The van der Waals surface area contributed by atoms with Crippen LogP contribution in [0.25, 0.3) is 20.5 Å². The Labute approximate surface area is 139 Å². The minimum absolute atomic E-state index is 0.586. The number of thiophene rings is 1. The van der Waals surface area contributed by atoms with Crippen molar-refractivity contribution in [2.75, 3.05) is 0 Å². The van der Waals surface area contributed by atoms with Crippen LogP contribution in [0.1, 0.15) is 5.56 Å². The molecule has 0 radical (unpaired) electrons. The summed E-state index contributed by atoms with van der Waals surface area (Å²) in [7, 11) is 0. The van der Waals surface area contributed by atoms with Gasteiger partial charge in [-0.2, -0.15) is 0 Å². The van der Waals surface area contributed by atoms with Gasteiger partial charge in [-0.3, -0.25) is 0 Å². The molecule has 0 aliphatic rings. The van der Waals surface area contributed by atoms with Crippen molar-refractivity contribution in [2.24, 2.45) is 0 Å². The van der Waals surface area contributed by atoms with Crippen molar-refractivity contribution in [2.45, 2.75) is 6.61 Å². The highest BCUT2D eigenvalue weighted by Crippen LogP contribution is 2.38. The van der Waals surface area contributed by atoms with E-state index in [0.29, 0.717) is 6.61 Å². The highest BCUT2D eigenvalue weighted by atomic mass is 32.1. The Balaban J connectivity index is 1.66. The van der Waals surface area contributed by atoms with Crippen molar-refractivity contribution >= 4 is 21.4 Å². The molecule has 4 rings (SSSR count). The summed E-state index contributed by atoms with van der Waals surface area (Å²) in [5, 5.41) is 1.28. The summed E-state index contributed by atoms with van der Waals surface area (Å²) in [4.78, 5) is 1.25. The molecule has 3 aromatic carbocycles. The summed E-state index contributed by atoms with van der Waals surface area (Å²) in [6.45, 7) is 0.586. The van der Waals surface area contributed by atoms with E-state index in [0.717, 1.165) is 11.3 Å². The molecule has 1 aromatic heterocycles. The zero-order chi connectivity index (χ0) is 15.5. The fraction of sp³-hybridized carbons (Fsp3) is 0.0476. The van der Waals surface area contributed by atoms with E-state index in [-0.39, 0.29) is 0 Å². The van der Waals surface area contributed by atoms with Gasteiger partial charge >= 0.3 is 0 Å². The van der Waals surface area contributed by atoms with E-state index in [1.54, 1.807) is 11.3 Å². The van der Waals surface area contributed by atoms with Crippen molar-refractivity contribution in [1.82, 2.24) is 0 Å². The maximum atomic E-state index is 6.08. The van der Waals surface area contributed by atoms with Crippen LogP contribution < -0.4 is 4.74 Å². The average molecular weight is 316 g/mol. The standard InChI is InChI=1S/C21H16OS/c1-2-8-16(9-3-1)15-22-19-12-6-5-11-18(19)21-14-17-10-4-7-13-20(17)23-21/h1-14H,15H2. The number of benzene rings is 3. The molecule has 0 saturated carbocycles. The molecule has 1 heterocycles. The smallest absolute Gasteiger partial charge is 0.128 e. The second-order valence-electron chi connectivity index (χ2n) is 5.42. The van der Waals surface area contributed by atoms with Crippen molar-refractivity contribution < 1.29 is 4.74 Å². The van der Waals surface area contributed by atoms with Crippen LogP contribution >= 0.6 is 11.3 Å². The summed E-state index contributed by atoms with van der Waals surface area (Å²) in [5.74, 6) is 0.933. The van der Waals surface area contributed by atoms with Crippen LogP contribution in [0.3, 0.4) is 0 Å². The predicted octanol–water partition coefficient (Wildman–Crippen LogP) is 6.15. The molecule has 23 heavy (non-hydrogen) atoms. The van der Waals surface area contributed by atoms with Gasteiger partial charge in [0.1, 0.15) is 12.4 Å². The van der Waals surface area contributed by atoms with E-state index in [2.05, 4.69) is 54.6 Å². The summed E-state index contributed by atoms with van der Waals surface area (Å²) >= 11 is 1.81. The SMILES string of the molecule is c1ccc(COc2ccccc2-c2cc3ccccc3s2)cc1. The van der Waals surface area contributed by atoms with Gasteiger partial charge < -0.3 is 4.74 Å². The van der Waals surface area contributed by atoms with Crippen molar-refractivity contribution in [3.8, 4) is 16.2 Å².